The molecule has 1 fully saturated rings. The summed E-state index contributed by atoms with van der Waals surface area (Å²) in [6.07, 6.45) is 0.634. The van der Waals surface area contributed by atoms with Crippen molar-refractivity contribution in [3.8, 4) is 5.69 Å². The van der Waals surface area contributed by atoms with Gasteiger partial charge < -0.3 is 15.5 Å². The number of anilines is 2. The molecule has 2 amide bonds. The molecule has 0 radical (unpaired) electrons. The number of para-hydroxylation sites is 1. The van der Waals surface area contributed by atoms with Crippen LogP contribution in [0.15, 0.2) is 79.9 Å². The van der Waals surface area contributed by atoms with Crippen LogP contribution in [-0.4, -0.2) is 56.0 Å². The van der Waals surface area contributed by atoms with Gasteiger partial charge in [0.2, 0.25) is 5.91 Å². The number of thioether (sulfide) groups is 1. The van der Waals surface area contributed by atoms with Gasteiger partial charge in [-0.05, 0) is 37.6 Å². The largest absolute Gasteiger partial charge is 0.356 e. The molecule has 13 heteroatoms. The summed E-state index contributed by atoms with van der Waals surface area (Å²) in [6, 6.07) is 17.3. The van der Waals surface area contributed by atoms with Crippen LogP contribution in [0.4, 0.5) is 11.5 Å². The van der Waals surface area contributed by atoms with Gasteiger partial charge in [-0.3, -0.25) is 33.8 Å². The average molecular weight is 576 g/mol. The van der Waals surface area contributed by atoms with Crippen LogP contribution in [0.3, 0.4) is 0 Å². The molecule has 1 aliphatic heterocycles. The van der Waals surface area contributed by atoms with Crippen molar-refractivity contribution in [3.05, 3.63) is 103 Å². The zero-order valence-electron chi connectivity index (χ0n) is 22.5. The van der Waals surface area contributed by atoms with E-state index < -0.39 is 11.2 Å². The van der Waals surface area contributed by atoms with Crippen molar-refractivity contribution in [1.82, 2.24) is 24.6 Å². The second kappa shape index (κ2) is 11.8. The Balaban J connectivity index is 1.22. The molecule has 12 nitrogen and oxygen atoms in total. The quantitative estimate of drug-likeness (QED) is 0.233. The fourth-order valence-corrected chi connectivity index (χ4v) is 5.65. The Kier molecular flexibility index (Phi) is 7.97. The molecule has 0 unspecified atom stereocenters. The highest BCUT2D eigenvalue weighted by Gasteiger charge is 2.26. The molecule has 1 saturated heterocycles. The van der Waals surface area contributed by atoms with Gasteiger partial charge in [-0.15, -0.1) is 11.8 Å². The summed E-state index contributed by atoms with van der Waals surface area (Å²) < 4.78 is 3.19. The highest BCUT2D eigenvalue weighted by Crippen LogP contribution is 2.24. The number of H-pyrrole nitrogens is 2. The molecule has 4 aromatic rings. The summed E-state index contributed by atoms with van der Waals surface area (Å²) in [7, 11) is 1.76. The average Bonchev–Trinajstić information content (AvgIpc) is 3.50. The predicted octanol–water partition coefficient (Wildman–Crippen LogP) is 1.60. The summed E-state index contributed by atoms with van der Waals surface area (Å²) >= 11 is 1.20. The molecule has 0 bridgehead atoms. The van der Waals surface area contributed by atoms with Crippen molar-refractivity contribution < 1.29 is 9.59 Å². The summed E-state index contributed by atoms with van der Waals surface area (Å²) in [6.45, 7) is 2.76. The van der Waals surface area contributed by atoms with Gasteiger partial charge in [0, 0.05) is 37.1 Å². The van der Waals surface area contributed by atoms with E-state index in [1.807, 2.05) is 35.2 Å². The Morgan fingerprint density at radius 3 is 2.51 bits per heavy atom. The first kappa shape index (κ1) is 27.8. The number of nitrogens with one attached hydrogen (secondary N) is 4. The maximum Gasteiger partial charge on any atom is 0.327 e. The lowest BCUT2D eigenvalue weighted by molar-refractivity contribution is -0.113. The zero-order chi connectivity index (χ0) is 29.1. The summed E-state index contributed by atoms with van der Waals surface area (Å²) in [4.78, 5) is 69.6. The Morgan fingerprint density at radius 1 is 1.02 bits per heavy atom. The van der Waals surface area contributed by atoms with Crippen LogP contribution in [0.2, 0.25) is 0 Å². The zero-order valence-corrected chi connectivity index (χ0v) is 23.3. The summed E-state index contributed by atoms with van der Waals surface area (Å²) in [5.41, 5.74) is 0.538. The third-order valence-corrected chi connectivity index (χ3v) is 7.99. The van der Waals surface area contributed by atoms with Crippen molar-refractivity contribution in [3.63, 3.8) is 0 Å². The van der Waals surface area contributed by atoms with E-state index in [0.717, 1.165) is 0 Å². The fraction of sp³-hybridized carbons (Fsp3) is 0.250. The van der Waals surface area contributed by atoms with Gasteiger partial charge in [0.05, 0.1) is 22.7 Å². The molecular formula is C28H29N7O5S. The van der Waals surface area contributed by atoms with Gasteiger partial charge in [0.1, 0.15) is 11.5 Å². The second-order valence-corrected chi connectivity index (χ2v) is 10.7. The van der Waals surface area contributed by atoms with E-state index in [2.05, 4.69) is 20.6 Å². The van der Waals surface area contributed by atoms with Crippen molar-refractivity contribution in [1.29, 1.82) is 0 Å². The number of carbonyl (C=O) groups is 2. The lowest BCUT2D eigenvalue weighted by Gasteiger charge is -2.18. The molecule has 4 N–H and O–H groups in total. The smallest absolute Gasteiger partial charge is 0.327 e. The molecule has 41 heavy (non-hydrogen) atoms. The molecule has 2 aromatic carbocycles. The van der Waals surface area contributed by atoms with Crippen molar-refractivity contribution >= 4 is 35.1 Å². The Hall–Kier alpha value is -4.78. The van der Waals surface area contributed by atoms with Gasteiger partial charge in [0.15, 0.2) is 0 Å². The van der Waals surface area contributed by atoms with Crippen molar-refractivity contribution in [2.45, 2.75) is 24.3 Å². The predicted molar refractivity (Wildman–Crippen MR) is 157 cm³/mol. The first-order valence-corrected chi connectivity index (χ1v) is 13.9. The molecule has 3 heterocycles. The van der Waals surface area contributed by atoms with E-state index in [9.17, 15) is 24.0 Å². The number of hydrogen-bond donors (Lipinski definition) is 4. The first-order valence-electron chi connectivity index (χ1n) is 13.0. The molecule has 2 aromatic heterocycles. The van der Waals surface area contributed by atoms with Crippen LogP contribution < -0.4 is 32.3 Å². The fourth-order valence-electron chi connectivity index (χ4n) is 4.80. The third kappa shape index (κ3) is 6.04. The molecule has 0 saturated carbocycles. The van der Waals surface area contributed by atoms with Gasteiger partial charge in [0.25, 0.3) is 17.0 Å². The van der Waals surface area contributed by atoms with Crippen molar-refractivity contribution in [2.75, 3.05) is 29.1 Å². The number of aromatic nitrogens is 4. The molecule has 1 atom stereocenters. The number of carbonyl (C=O) groups excluding carboxylic acids is 2. The van der Waals surface area contributed by atoms with Crippen LogP contribution in [0.1, 0.15) is 22.5 Å². The number of hydrogen-bond acceptors (Lipinski definition) is 7. The lowest BCUT2D eigenvalue weighted by atomic mass is 10.2. The Bertz CT molecular complexity index is 1740. The Labute approximate surface area is 238 Å². The summed E-state index contributed by atoms with van der Waals surface area (Å²) in [5, 5.41) is 5.76. The summed E-state index contributed by atoms with van der Waals surface area (Å²) in [5.74, 6) is -0.253. The lowest BCUT2D eigenvalue weighted by Crippen LogP contribution is -2.38. The monoisotopic (exact) mass is 575 g/mol. The standard InChI is InChI=1S/C28H29N7O5S/c1-17-25(27(39)35(33(17)2)19-8-4-3-5-9-19)31-24(37)16-41-21-11-7-6-10-20(21)26(38)29-18-12-13-34(15-18)22-14-23(36)32-28(40)30-22/h3-11,14,18H,12-13,15-16H2,1-2H3,(H,29,38)(H,31,37)(H2,30,32,36,40)/t18-/m0/s1. The normalized spacial score (nSPS) is 14.7. The van der Waals surface area contributed by atoms with Gasteiger partial charge in [-0.2, -0.15) is 0 Å². The minimum atomic E-state index is -0.584. The second-order valence-electron chi connectivity index (χ2n) is 9.65. The van der Waals surface area contributed by atoms with Crippen LogP contribution in [0.5, 0.6) is 0 Å². The number of amides is 2. The van der Waals surface area contributed by atoms with E-state index in [0.29, 0.717) is 47.2 Å². The first-order chi connectivity index (χ1) is 19.7. The number of benzene rings is 2. The van der Waals surface area contributed by atoms with E-state index in [1.54, 1.807) is 42.9 Å². The van der Waals surface area contributed by atoms with Gasteiger partial charge >= 0.3 is 5.69 Å². The highest BCUT2D eigenvalue weighted by molar-refractivity contribution is 8.00. The van der Waals surface area contributed by atoms with Crippen molar-refractivity contribution in [2.24, 2.45) is 7.05 Å². The SMILES string of the molecule is Cc1c(NC(=O)CSc2ccccc2C(=O)N[C@H]2CCN(c3cc(=O)[nH]c(=O)[nH]3)C2)c(=O)n(-c2ccccc2)n1C. The van der Waals surface area contributed by atoms with Crippen LogP contribution in [0, 0.1) is 6.92 Å². The molecule has 212 valence electrons. The van der Waals surface area contributed by atoms with E-state index in [1.165, 1.54) is 22.5 Å². The Morgan fingerprint density at radius 2 is 1.76 bits per heavy atom. The molecule has 0 aliphatic carbocycles. The van der Waals surface area contributed by atoms with E-state index >= 15 is 0 Å². The van der Waals surface area contributed by atoms with E-state index in [4.69, 9.17) is 0 Å². The molecule has 1 aliphatic rings. The molecule has 5 rings (SSSR count). The number of nitrogens with zero attached hydrogens (tertiary/aromatic N) is 3. The van der Waals surface area contributed by atoms with Gasteiger partial charge in [-0.1, -0.05) is 30.3 Å². The van der Waals surface area contributed by atoms with Crippen LogP contribution in [0.25, 0.3) is 5.69 Å². The number of rotatable bonds is 8. The number of aromatic amines is 2. The van der Waals surface area contributed by atoms with Crippen LogP contribution >= 0.6 is 11.8 Å². The van der Waals surface area contributed by atoms with Crippen LogP contribution in [-0.2, 0) is 11.8 Å². The van der Waals surface area contributed by atoms with Gasteiger partial charge in [-0.25, -0.2) is 9.48 Å². The minimum absolute atomic E-state index is 0.00344. The minimum Gasteiger partial charge on any atom is -0.356 e. The highest BCUT2D eigenvalue weighted by atomic mass is 32.2. The molecular weight excluding hydrogens is 546 g/mol. The topological polar surface area (TPSA) is 154 Å². The molecule has 0 spiro atoms. The maximum atomic E-state index is 13.2. The third-order valence-electron chi connectivity index (χ3n) is 6.92. The van der Waals surface area contributed by atoms with E-state index in [-0.39, 0.29) is 34.9 Å². The maximum absolute atomic E-state index is 13.2.